The number of aromatic nitrogens is 1. The summed E-state index contributed by atoms with van der Waals surface area (Å²) in [6, 6.07) is 5.35. The number of carbonyl (C=O) groups excluding carboxylic acids is 3. The van der Waals surface area contributed by atoms with Crippen molar-refractivity contribution in [1.82, 2.24) is 30.7 Å². The van der Waals surface area contributed by atoms with Gasteiger partial charge in [0.25, 0.3) is 0 Å². The van der Waals surface area contributed by atoms with E-state index in [-0.39, 0.29) is 29.7 Å². The van der Waals surface area contributed by atoms with Gasteiger partial charge in [0.1, 0.15) is 6.04 Å². The van der Waals surface area contributed by atoms with E-state index in [1.807, 2.05) is 13.0 Å². The molecule has 4 rings (SSSR count). The summed E-state index contributed by atoms with van der Waals surface area (Å²) in [6.45, 7) is 10.7. The van der Waals surface area contributed by atoms with Crippen molar-refractivity contribution >= 4 is 39.3 Å². The van der Waals surface area contributed by atoms with Crippen LogP contribution >= 0.6 is 11.3 Å². The molecular formula is C31H48N6O3S. The van der Waals surface area contributed by atoms with Crippen molar-refractivity contribution in [3.63, 3.8) is 0 Å². The number of rotatable bonds is 12. The minimum Gasteiger partial charge on any atom is -0.354 e. The van der Waals surface area contributed by atoms with E-state index in [9.17, 15) is 14.4 Å². The normalized spacial score (nSPS) is 19.4. The molecule has 0 spiro atoms. The molecule has 226 valence electrons. The fourth-order valence-electron chi connectivity index (χ4n) is 5.99. The molecular weight excluding hydrogens is 536 g/mol. The minimum atomic E-state index is -0.725. The summed E-state index contributed by atoms with van der Waals surface area (Å²) in [5.74, 6) is -0.267. The first kappa shape index (κ1) is 31.4. The van der Waals surface area contributed by atoms with Gasteiger partial charge in [-0.25, -0.2) is 4.98 Å². The van der Waals surface area contributed by atoms with Crippen LogP contribution in [-0.4, -0.2) is 90.9 Å². The van der Waals surface area contributed by atoms with E-state index in [2.05, 4.69) is 51.9 Å². The maximum absolute atomic E-state index is 13.6. The van der Waals surface area contributed by atoms with Crippen LogP contribution in [0.15, 0.2) is 18.2 Å². The Morgan fingerprint density at radius 2 is 1.78 bits per heavy atom. The average Bonchev–Trinajstić information content (AvgIpc) is 3.37. The van der Waals surface area contributed by atoms with Gasteiger partial charge < -0.3 is 25.8 Å². The maximum atomic E-state index is 13.6. The van der Waals surface area contributed by atoms with Crippen LogP contribution < -0.4 is 16.0 Å². The molecule has 9 nitrogen and oxygen atoms in total. The van der Waals surface area contributed by atoms with E-state index in [1.54, 1.807) is 11.3 Å². The molecule has 2 fully saturated rings. The second-order valence-corrected chi connectivity index (χ2v) is 13.1. The second-order valence-electron chi connectivity index (χ2n) is 12.0. The van der Waals surface area contributed by atoms with Crippen LogP contribution in [0.3, 0.4) is 0 Å². The lowest BCUT2D eigenvalue weighted by Gasteiger charge is -2.34. The third-order valence-corrected chi connectivity index (χ3v) is 9.64. The van der Waals surface area contributed by atoms with E-state index in [1.165, 1.54) is 18.9 Å². The van der Waals surface area contributed by atoms with Gasteiger partial charge in [0.05, 0.1) is 15.2 Å². The number of nitrogens with zero attached hydrogens (tertiary/aromatic N) is 3. The molecule has 1 saturated carbocycles. The number of amides is 3. The first-order valence-electron chi connectivity index (χ1n) is 15.4. The number of aryl methyl sites for hydroxylation is 1. The van der Waals surface area contributed by atoms with Gasteiger partial charge in [0.2, 0.25) is 17.7 Å². The predicted octanol–water partition coefficient (Wildman–Crippen LogP) is 2.97. The Kier molecular flexibility index (Phi) is 11.5. The number of fused-ring (bicyclic) bond motifs is 1. The highest BCUT2D eigenvalue weighted by atomic mass is 32.1. The third-order valence-electron chi connectivity index (χ3n) is 8.60. The summed E-state index contributed by atoms with van der Waals surface area (Å²) in [5.41, 5.74) is 2.16. The summed E-state index contributed by atoms with van der Waals surface area (Å²) < 4.78 is 1.09. The minimum absolute atomic E-state index is 0.0262. The van der Waals surface area contributed by atoms with Crippen LogP contribution in [0.4, 0.5) is 0 Å². The smallest absolute Gasteiger partial charge is 0.243 e. The Hall–Kier alpha value is -2.56. The highest BCUT2D eigenvalue weighted by Gasteiger charge is 2.30. The van der Waals surface area contributed by atoms with Gasteiger partial charge in [-0.3, -0.25) is 14.4 Å². The molecule has 1 aromatic carbocycles. The maximum Gasteiger partial charge on any atom is 0.243 e. The SMILES string of the molecule is CCc1ccc2nc(C[C@H](NC(C)=O)C(=O)NC(CNC(=O)C(C)CN3CCN(C)CC3)C3CCCCC3)sc2c1. The molecule has 2 unspecified atom stereocenters. The van der Waals surface area contributed by atoms with Crippen molar-refractivity contribution < 1.29 is 14.4 Å². The highest BCUT2D eigenvalue weighted by Crippen LogP contribution is 2.27. The Morgan fingerprint density at radius 1 is 1.05 bits per heavy atom. The van der Waals surface area contributed by atoms with Crippen molar-refractivity contribution in [3.05, 3.63) is 28.8 Å². The predicted molar refractivity (Wildman–Crippen MR) is 165 cm³/mol. The molecule has 3 N–H and O–H groups in total. The van der Waals surface area contributed by atoms with Crippen LogP contribution in [0.1, 0.15) is 63.4 Å². The summed E-state index contributed by atoms with van der Waals surface area (Å²) in [4.78, 5) is 48.2. The lowest BCUT2D eigenvalue weighted by molar-refractivity contribution is -0.129. The second kappa shape index (κ2) is 15.1. The summed E-state index contributed by atoms with van der Waals surface area (Å²) in [6.07, 6.45) is 6.81. The summed E-state index contributed by atoms with van der Waals surface area (Å²) >= 11 is 1.57. The standard InChI is InChI=1S/C31H48N6O3S/c1-5-23-11-12-25-28(17-23)41-29(34-25)18-26(33-22(3)38)31(40)35-27(24-9-7-6-8-10-24)19-32-30(39)21(2)20-37-15-13-36(4)14-16-37/h11-12,17,21,24,26-27H,5-10,13-16,18-20H2,1-4H3,(H,32,39)(H,33,38)(H,35,40)/t21?,26-,27?/m0/s1. The molecule has 0 radical (unpaired) electrons. The van der Waals surface area contributed by atoms with Gasteiger partial charge >= 0.3 is 0 Å². The van der Waals surface area contributed by atoms with E-state index in [4.69, 9.17) is 4.98 Å². The number of benzene rings is 1. The van der Waals surface area contributed by atoms with E-state index < -0.39 is 6.04 Å². The molecule has 1 aromatic heterocycles. The van der Waals surface area contributed by atoms with Gasteiger partial charge in [0, 0.05) is 64.6 Å². The van der Waals surface area contributed by atoms with Gasteiger partial charge in [-0.1, -0.05) is 39.2 Å². The fraction of sp³-hybridized carbons (Fsp3) is 0.677. The first-order valence-corrected chi connectivity index (χ1v) is 16.2. The molecule has 1 saturated heterocycles. The first-order chi connectivity index (χ1) is 19.7. The molecule has 2 aromatic rings. The largest absolute Gasteiger partial charge is 0.354 e. The molecule has 3 atom stereocenters. The lowest BCUT2D eigenvalue weighted by atomic mass is 9.83. The zero-order valence-corrected chi connectivity index (χ0v) is 26.0. The summed E-state index contributed by atoms with van der Waals surface area (Å²) in [7, 11) is 2.13. The quantitative estimate of drug-likeness (QED) is 0.354. The van der Waals surface area contributed by atoms with Gasteiger partial charge in [0.15, 0.2) is 0 Å². The average molecular weight is 585 g/mol. The number of nitrogens with one attached hydrogen (secondary N) is 3. The Bertz CT molecular complexity index is 1170. The van der Waals surface area contributed by atoms with Gasteiger partial charge in [-0.05, 0) is 49.9 Å². The molecule has 2 aliphatic rings. The molecule has 1 aliphatic carbocycles. The number of thiazole rings is 1. The molecule has 1 aliphatic heterocycles. The van der Waals surface area contributed by atoms with E-state index in [0.717, 1.165) is 80.1 Å². The van der Waals surface area contributed by atoms with Crippen LogP contribution in [0, 0.1) is 11.8 Å². The van der Waals surface area contributed by atoms with E-state index >= 15 is 0 Å². The number of likely N-dealkylation sites (N-methyl/N-ethyl adjacent to an activating group) is 1. The van der Waals surface area contributed by atoms with Crippen molar-refractivity contribution in [3.8, 4) is 0 Å². The van der Waals surface area contributed by atoms with Crippen molar-refractivity contribution in [2.24, 2.45) is 11.8 Å². The van der Waals surface area contributed by atoms with Crippen LogP contribution in [-0.2, 0) is 27.2 Å². The molecule has 3 amide bonds. The number of hydrogen-bond donors (Lipinski definition) is 3. The van der Waals surface area contributed by atoms with Crippen molar-refractivity contribution in [2.75, 3.05) is 46.3 Å². The van der Waals surface area contributed by atoms with Crippen molar-refractivity contribution in [2.45, 2.75) is 77.8 Å². The number of piperazine rings is 1. The fourth-order valence-corrected chi connectivity index (χ4v) is 7.07. The van der Waals surface area contributed by atoms with Gasteiger partial charge in [-0.15, -0.1) is 11.3 Å². The highest BCUT2D eigenvalue weighted by molar-refractivity contribution is 7.18. The van der Waals surface area contributed by atoms with Gasteiger partial charge in [-0.2, -0.15) is 0 Å². The monoisotopic (exact) mass is 584 g/mol. The number of hydrogen-bond acceptors (Lipinski definition) is 7. The number of carbonyl (C=O) groups is 3. The molecule has 2 heterocycles. The van der Waals surface area contributed by atoms with Crippen LogP contribution in [0.25, 0.3) is 10.2 Å². The molecule has 10 heteroatoms. The summed E-state index contributed by atoms with van der Waals surface area (Å²) in [5, 5.41) is 10.1. The topological polar surface area (TPSA) is 107 Å². The van der Waals surface area contributed by atoms with E-state index in [0.29, 0.717) is 18.9 Å². The molecule has 41 heavy (non-hydrogen) atoms. The third kappa shape index (κ3) is 9.21. The van der Waals surface area contributed by atoms with Crippen molar-refractivity contribution in [1.29, 1.82) is 0 Å². The lowest BCUT2D eigenvalue weighted by Crippen LogP contribution is -2.55. The molecule has 0 bridgehead atoms. The van der Waals surface area contributed by atoms with Crippen LogP contribution in [0.2, 0.25) is 0 Å². The zero-order chi connectivity index (χ0) is 29.4. The zero-order valence-electron chi connectivity index (χ0n) is 25.2. The Morgan fingerprint density at radius 3 is 2.46 bits per heavy atom. The Labute approximate surface area is 248 Å². The van der Waals surface area contributed by atoms with Crippen LogP contribution in [0.5, 0.6) is 0 Å². The Balaban J connectivity index is 1.40.